The first kappa shape index (κ1) is 8.08. The van der Waals surface area contributed by atoms with Gasteiger partial charge in [0.25, 0.3) is 0 Å². The molecule has 0 radical (unpaired) electrons. The molecule has 13 heavy (non-hydrogen) atoms. The normalized spacial score (nSPS) is 63.2. The number of hydrogen-bond donors (Lipinski definition) is 0. The lowest BCUT2D eigenvalue weighted by atomic mass is 9.73. The summed E-state index contributed by atoms with van der Waals surface area (Å²) < 4.78 is 0. The van der Waals surface area contributed by atoms with Gasteiger partial charge in [-0.2, -0.15) is 0 Å². The van der Waals surface area contributed by atoms with Crippen LogP contribution < -0.4 is 0 Å². The Balaban J connectivity index is 1.90. The van der Waals surface area contributed by atoms with Crippen LogP contribution in [0.4, 0.5) is 0 Å². The Labute approximate surface area is 81.4 Å². The number of fused-ring (bicyclic) bond motifs is 1. The van der Waals surface area contributed by atoms with Crippen molar-refractivity contribution in [3.8, 4) is 0 Å². The smallest absolute Gasteiger partial charge is 0.0196 e. The Kier molecular flexibility index (Phi) is 1.27. The molecular weight excluding hydrogens is 156 g/mol. The monoisotopic (exact) mass is 176 g/mol. The second-order valence-corrected chi connectivity index (χ2v) is 5.94. The molecule has 0 saturated heterocycles. The van der Waals surface area contributed by atoms with Crippen LogP contribution in [-0.4, -0.2) is 0 Å². The van der Waals surface area contributed by atoms with E-state index in [1.807, 2.05) is 0 Å². The van der Waals surface area contributed by atoms with E-state index < -0.39 is 0 Å². The van der Waals surface area contributed by atoms with Gasteiger partial charge in [-0.15, -0.1) is 0 Å². The maximum atomic E-state index is 2.54. The fourth-order valence-electron chi connectivity index (χ4n) is 4.19. The molecule has 2 saturated carbocycles. The van der Waals surface area contributed by atoms with Crippen molar-refractivity contribution in [2.75, 3.05) is 0 Å². The van der Waals surface area contributed by atoms with Gasteiger partial charge in [0.15, 0.2) is 0 Å². The summed E-state index contributed by atoms with van der Waals surface area (Å²) in [7, 11) is 0. The van der Waals surface area contributed by atoms with E-state index in [-0.39, 0.29) is 0 Å². The van der Waals surface area contributed by atoms with Crippen LogP contribution in [0.2, 0.25) is 0 Å². The lowest BCUT2D eigenvalue weighted by molar-refractivity contribution is 0.198. The highest BCUT2D eigenvalue weighted by atomic mass is 14.9. The van der Waals surface area contributed by atoms with E-state index in [0.29, 0.717) is 0 Å². The Morgan fingerprint density at radius 3 is 2.69 bits per heavy atom. The van der Waals surface area contributed by atoms with Crippen molar-refractivity contribution in [1.29, 1.82) is 0 Å². The standard InChI is InChI=1S/C13H20/c1-9-5-4-6-10(2)12(3)11-8-13(11,12)7-9/h4-5,9-11H,6-8H2,1-3H3. The molecule has 3 aliphatic carbocycles. The van der Waals surface area contributed by atoms with Gasteiger partial charge in [-0.3, -0.25) is 0 Å². The average Bonchev–Trinajstić information content (AvgIpc) is 2.89. The molecule has 0 heterocycles. The molecular formula is C13H20. The summed E-state index contributed by atoms with van der Waals surface area (Å²) in [6.45, 7) is 7.38. The van der Waals surface area contributed by atoms with Crippen LogP contribution in [0, 0.1) is 28.6 Å². The summed E-state index contributed by atoms with van der Waals surface area (Å²) in [4.78, 5) is 0. The molecule has 5 atom stereocenters. The van der Waals surface area contributed by atoms with Crippen LogP contribution in [0.3, 0.4) is 0 Å². The third-order valence-electron chi connectivity index (χ3n) is 5.45. The Morgan fingerprint density at radius 1 is 1.23 bits per heavy atom. The Hall–Kier alpha value is -0.260. The van der Waals surface area contributed by atoms with Gasteiger partial charge in [0, 0.05) is 0 Å². The molecule has 72 valence electrons. The molecule has 0 heteroatoms. The molecule has 0 aliphatic heterocycles. The Bertz CT molecular complexity index is 278. The highest BCUT2D eigenvalue weighted by Crippen LogP contribution is 2.92. The van der Waals surface area contributed by atoms with Crippen LogP contribution in [0.5, 0.6) is 0 Å². The predicted octanol–water partition coefficient (Wildman–Crippen LogP) is 3.63. The molecule has 0 aromatic heterocycles. The third-order valence-corrected chi connectivity index (χ3v) is 5.45. The fourth-order valence-corrected chi connectivity index (χ4v) is 4.19. The summed E-state index contributed by atoms with van der Waals surface area (Å²) in [5.74, 6) is 2.87. The molecule has 3 aliphatic rings. The molecule has 5 unspecified atom stereocenters. The van der Waals surface area contributed by atoms with Gasteiger partial charge < -0.3 is 0 Å². The van der Waals surface area contributed by atoms with Crippen molar-refractivity contribution in [2.45, 2.75) is 40.0 Å². The van der Waals surface area contributed by atoms with E-state index in [9.17, 15) is 0 Å². The summed E-state index contributed by atoms with van der Waals surface area (Å²) in [5, 5.41) is 0. The zero-order valence-corrected chi connectivity index (χ0v) is 9.01. The lowest BCUT2D eigenvalue weighted by Gasteiger charge is -2.31. The maximum Gasteiger partial charge on any atom is -0.0196 e. The van der Waals surface area contributed by atoms with E-state index in [1.165, 1.54) is 12.8 Å². The highest BCUT2D eigenvalue weighted by molar-refractivity contribution is 5.35. The van der Waals surface area contributed by atoms with Gasteiger partial charge in [0.05, 0.1) is 0 Å². The molecule has 1 spiro atoms. The van der Waals surface area contributed by atoms with Crippen LogP contribution in [0.15, 0.2) is 12.2 Å². The zero-order valence-electron chi connectivity index (χ0n) is 9.01. The maximum absolute atomic E-state index is 2.54. The minimum atomic E-state index is 0.742. The second-order valence-electron chi connectivity index (χ2n) is 5.94. The molecule has 0 N–H and O–H groups in total. The number of hydrogen-bond acceptors (Lipinski definition) is 0. The van der Waals surface area contributed by atoms with Crippen molar-refractivity contribution in [2.24, 2.45) is 28.6 Å². The van der Waals surface area contributed by atoms with Gasteiger partial charge in [-0.25, -0.2) is 0 Å². The minimum absolute atomic E-state index is 0.742. The van der Waals surface area contributed by atoms with Crippen molar-refractivity contribution < 1.29 is 0 Å². The first-order chi connectivity index (χ1) is 6.11. The highest BCUT2D eigenvalue weighted by Gasteiger charge is 2.86. The summed E-state index contributed by atoms with van der Waals surface area (Å²) >= 11 is 0. The molecule has 0 aromatic carbocycles. The first-order valence-corrected chi connectivity index (χ1v) is 5.78. The molecule has 0 amide bonds. The predicted molar refractivity (Wildman–Crippen MR) is 55.3 cm³/mol. The second kappa shape index (κ2) is 2.04. The molecule has 0 aromatic rings. The van der Waals surface area contributed by atoms with Crippen molar-refractivity contribution >= 4 is 0 Å². The molecule has 2 fully saturated rings. The van der Waals surface area contributed by atoms with Gasteiger partial charge in [-0.05, 0) is 47.8 Å². The fraction of sp³-hybridized carbons (Fsp3) is 0.846. The van der Waals surface area contributed by atoms with Gasteiger partial charge >= 0.3 is 0 Å². The minimum Gasteiger partial charge on any atom is -0.0880 e. The largest absolute Gasteiger partial charge is 0.0880 e. The summed E-state index contributed by atoms with van der Waals surface area (Å²) in [6, 6.07) is 0. The summed E-state index contributed by atoms with van der Waals surface area (Å²) in [5.41, 5.74) is 1.56. The zero-order chi connectivity index (χ0) is 9.27. The first-order valence-electron chi connectivity index (χ1n) is 5.78. The molecule has 0 nitrogen and oxygen atoms in total. The van der Waals surface area contributed by atoms with Gasteiger partial charge in [-0.1, -0.05) is 32.9 Å². The van der Waals surface area contributed by atoms with Crippen LogP contribution in [-0.2, 0) is 0 Å². The van der Waals surface area contributed by atoms with Crippen molar-refractivity contribution in [1.82, 2.24) is 0 Å². The average molecular weight is 176 g/mol. The van der Waals surface area contributed by atoms with E-state index in [4.69, 9.17) is 0 Å². The van der Waals surface area contributed by atoms with E-state index in [0.717, 1.165) is 28.6 Å². The third kappa shape index (κ3) is 0.742. The van der Waals surface area contributed by atoms with Gasteiger partial charge in [0.1, 0.15) is 0 Å². The quantitative estimate of drug-likeness (QED) is 0.494. The van der Waals surface area contributed by atoms with Crippen LogP contribution in [0.25, 0.3) is 0 Å². The number of allylic oxidation sites excluding steroid dienone is 2. The van der Waals surface area contributed by atoms with Crippen LogP contribution in [0.1, 0.15) is 40.0 Å². The SMILES string of the molecule is CC1C=CCC(C)C2(C)C3CC32C1. The number of rotatable bonds is 0. The van der Waals surface area contributed by atoms with Crippen molar-refractivity contribution in [3.63, 3.8) is 0 Å². The van der Waals surface area contributed by atoms with E-state index >= 15 is 0 Å². The van der Waals surface area contributed by atoms with Gasteiger partial charge in [0.2, 0.25) is 0 Å². The van der Waals surface area contributed by atoms with E-state index in [2.05, 4.69) is 32.9 Å². The van der Waals surface area contributed by atoms with Crippen LogP contribution >= 0.6 is 0 Å². The Morgan fingerprint density at radius 2 is 2.00 bits per heavy atom. The summed E-state index contributed by atoms with van der Waals surface area (Å²) in [6.07, 6.45) is 9.20. The van der Waals surface area contributed by atoms with E-state index in [1.54, 1.807) is 6.42 Å². The topological polar surface area (TPSA) is 0 Å². The van der Waals surface area contributed by atoms with Crippen molar-refractivity contribution in [3.05, 3.63) is 12.2 Å². The molecule has 0 bridgehead atoms. The lowest BCUT2D eigenvalue weighted by Crippen LogP contribution is -2.23. The molecule has 3 rings (SSSR count).